The summed E-state index contributed by atoms with van der Waals surface area (Å²) >= 11 is 6.27. The Morgan fingerprint density at radius 2 is 1.96 bits per heavy atom. The van der Waals surface area contributed by atoms with E-state index in [4.69, 9.17) is 22.1 Å². The molecule has 0 heterocycles. The minimum atomic E-state index is -0.568. The van der Waals surface area contributed by atoms with Gasteiger partial charge in [-0.1, -0.05) is 42.4 Å². The van der Waals surface area contributed by atoms with Crippen LogP contribution in [0.2, 0.25) is 5.02 Å². The Hall–Kier alpha value is -2.46. The third kappa shape index (κ3) is 4.30. The number of nitrogens with two attached hydrogens (primary N) is 1. The van der Waals surface area contributed by atoms with Crippen molar-refractivity contribution in [1.29, 1.82) is 0 Å². The highest BCUT2D eigenvalue weighted by molar-refractivity contribution is 6.32. The van der Waals surface area contributed by atoms with Crippen LogP contribution in [-0.2, 0) is 16.0 Å². The summed E-state index contributed by atoms with van der Waals surface area (Å²) in [6.07, 6.45) is 0.454. The average Bonchev–Trinajstić information content (AvgIpc) is 2.55. The Bertz CT molecular complexity index is 721. The minimum Gasteiger partial charge on any atom is -0.467 e. The van der Waals surface area contributed by atoms with E-state index >= 15 is 0 Å². The van der Waals surface area contributed by atoms with Gasteiger partial charge in [-0.05, 0) is 36.2 Å². The highest BCUT2D eigenvalue weighted by Gasteiger charge is 2.21. The molecule has 0 aliphatic carbocycles. The molecule has 24 heavy (non-hydrogen) atoms. The summed E-state index contributed by atoms with van der Waals surface area (Å²) in [6.45, 7) is 5.98. The minimum absolute atomic E-state index is 0.363. The van der Waals surface area contributed by atoms with Crippen LogP contribution in [0.15, 0.2) is 49.0 Å². The number of hydrogen-bond donors (Lipinski definition) is 2. The molecule has 0 saturated carbocycles. The number of rotatable bonds is 6. The highest BCUT2D eigenvalue weighted by atomic mass is 35.5. The van der Waals surface area contributed by atoms with Gasteiger partial charge in [0.05, 0.1) is 12.1 Å². The van der Waals surface area contributed by atoms with E-state index in [1.54, 1.807) is 18.2 Å². The lowest BCUT2D eigenvalue weighted by atomic mass is 10.0. The molecule has 1 unspecified atom stereocenters. The van der Waals surface area contributed by atoms with Gasteiger partial charge in [0.2, 0.25) is 0 Å². The number of anilines is 1. The number of ether oxygens (including phenoxy) is 1. The first-order valence-corrected chi connectivity index (χ1v) is 7.93. The third-order valence-corrected chi connectivity index (χ3v) is 4.09. The fourth-order valence-corrected chi connectivity index (χ4v) is 2.86. The number of hydrogen-bond acceptors (Lipinski definition) is 4. The number of nitrogen functional groups attached to an aromatic ring is 1. The number of halogens is 1. The molecule has 4 nitrogen and oxygen atoms in total. The molecular weight excluding hydrogens is 324 g/mol. The van der Waals surface area contributed by atoms with E-state index in [1.165, 1.54) is 7.11 Å². The van der Waals surface area contributed by atoms with E-state index in [0.29, 0.717) is 22.8 Å². The molecule has 0 aliphatic heterocycles. The normalized spacial score (nSPS) is 11.6. The van der Waals surface area contributed by atoms with E-state index in [0.717, 1.165) is 16.7 Å². The van der Waals surface area contributed by atoms with Gasteiger partial charge in [-0.25, -0.2) is 4.79 Å². The summed E-state index contributed by atoms with van der Waals surface area (Å²) in [7, 11) is 1.36. The van der Waals surface area contributed by atoms with Crippen LogP contribution in [0.3, 0.4) is 0 Å². The molecule has 2 aromatic rings. The van der Waals surface area contributed by atoms with E-state index in [-0.39, 0.29) is 5.97 Å². The number of nitrogens with one attached hydrogen (secondary N) is 1. The third-order valence-electron chi connectivity index (χ3n) is 3.78. The second-order valence-electron chi connectivity index (χ2n) is 5.58. The van der Waals surface area contributed by atoms with Crippen LogP contribution in [-0.4, -0.2) is 19.1 Å². The van der Waals surface area contributed by atoms with Gasteiger partial charge in [-0.15, -0.1) is 0 Å². The first kappa shape index (κ1) is 17.9. The fourth-order valence-electron chi connectivity index (χ4n) is 2.52. The maximum Gasteiger partial charge on any atom is 0.328 e. The quantitative estimate of drug-likeness (QED) is 0.621. The van der Waals surface area contributed by atoms with Crippen LogP contribution in [0.25, 0.3) is 5.70 Å². The van der Waals surface area contributed by atoms with Gasteiger partial charge in [0.1, 0.15) is 6.04 Å². The molecule has 0 spiro atoms. The smallest absolute Gasteiger partial charge is 0.328 e. The molecule has 1 atom stereocenters. The molecule has 0 bridgehead atoms. The van der Waals surface area contributed by atoms with Gasteiger partial charge in [0.15, 0.2) is 0 Å². The van der Waals surface area contributed by atoms with Crippen molar-refractivity contribution in [3.63, 3.8) is 0 Å². The van der Waals surface area contributed by atoms with E-state index in [9.17, 15) is 4.79 Å². The Kier molecular flexibility index (Phi) is 5.88. The summed E-state index contributed by atoms with van der Waals surface area (Å²) in [5, 5.41) is 3.73. The summed E-state index contributed by atoms with van der Waals surface area (Å²) in [4.78, 5) is 12.1. The molecule has 0 fully saturated rings. The number of benzene rings is 2. The van der Waals surface area contributed by atoms with Crippen molar-refractivity contribution in [3.8, 4) is 0 Å². The molecular formula is C19H21ClN2O2. The molecule has 0 aliphatic rings. The van der Waals surface area contributed by atoms with Crippen molar-refractivity contribution in [2.75, 3.05) is 12.8 Å². The zero-order valence-corrected chi connectivity index (χ0v) is 14.6. The van der Waals surface area contributed by atoms with Crippen LogP contribution < -0.4 is 11.1 Å². The average molecular weight is 345 g/mol. The summed E-state index contributed by atoms with van der Waals surface area (Å²) in [6, 6.07) is 12.4. The highest BCUT2D eigenvalue weighted by Crippen LogP contribution is 2.25. The maximum atomic E-state index is 12.1. The van der Waals surface area contributed by atoms with Crippen molar-refractivity contribution in [1.82, 2.24) is 5.32 Å². The molecule has 0 saturated heterocycles. The van der Waals surface area contributed by atoms with Crippen LogP contribution in [0.1, 0.15) is 16.7 Å². The second-order valence-corrected chi connectivity index (χ2v) is 5.98. The van der Waals surface area contributed by atoms with Gasteiger partial charge >= 0.3 is 5.97 Å². The molecule has 0 amide bonds. The number of methoxy groups -OCH3 is 1. The molecule has 2 rings (SSSR count). The van der Waals surface area contributed by atoms with Gasteiger partial charge < -0.3 is 15.8 Å². The maximum absolute atomic E-state index is 12.1. The van der Waals surface area contributed by atoms with Crippen molar-refractivity contribution >= 4 is 29.0 Å². The van der Waals surface area contributed by atoms with Gasteiger partial charge in [-0.3, -0.25) is 0 Å². The Balaban J connectivity index is 2.21. The lowest BCUT2D eigenvalue weighted by Crippen LogP contribution is -2.38. The predicted molar refractivity (Wildman–Crippen MR) is 98.7 cm³/mol. The van der Waals surface area contributed by atoms with Gasteiger partial charge in [0.25, 0.3) is 0 Å². The van der Waals surface area contributed by atoms with Gasteiger partial charge in [0, 0.05) is 23.4 Å². The van der Waals surface area contributed by atoms with E-state index < -0.39 is 6.04 Å². The van der Waals surface area contributed by atoms with Crippen molar-refractivity contribution in [2.45, 2.75) is 19.4 Å². The number of carbonyl (C=O) groups excluding carboxylic acids is 1. The molecule has 126 valence electrons. The number of esters is 1. The first-order valence-electron chi connectivity index (χ1n) is 7.55. The van der Waals surface area contributed by atoms with Crippen LogP contribution in [0.4, 0.5) is 5.69 Å². The summed E-state index contributed by atoms with van der Waals surface area (Å²) < 4.78 is 4.91. The summed E-state index contributed by atoms with van der Waals surface area (Å²) in [5.41, 5.74) is 9.71. The number of carbonyl (C=O) groups is 1. The Morgan fingerprint density at radius 3 is 2.54 bits per heavy atom. The second kappa shape index (κ2) is 7.88. The molecule has 0 aromatic heterocycles. The fraction of sp³-hybridized carbons (Fsp3) is 0.211. The largest absolute Gasteiger partial charge is 0.467 e. The van der Waals surface area contributed by atoms with E-state index in [2.05, 4.69) is 11.9 Å². The SMILES string of the molecule is C=C(NC(Cc1ccc(N)cc1)C(=O)OC)c1c(C)cccc1Cl. The first-order chi connectivity index (χ1) is 11.4. The molecule has 5 heteroatoms. The predicted octanol–water partition coefficient (Wildman–Crippen LogP) is 3.58. The van der Waals surface area contributed by atoms with Crippen LogP contribution in [0, 0.1) is 6.92 Å². The Labute approximate surface area is 147 Å². The lowest BCUT2D eigenvalue weighted by molar-refractivity contribution is -0.142. The summed E-state index contributed by atoms with van der Waals surface area (Å²) in [5.74, 6) is -0.363. The van der Waals surface area contributed by atoms with Crippen molar-refractivity contribution in [2.24, 2.45) is 0 Å². The lowest BCUT2D eigenvalue weighted by Gasteiger charge is -2.21. The molecule has 2 aromatic carbocycles. The zero-order valence-electron chi connectivity index (χ0n) is 13.8. The topological polar surface area (TPSA) is 64.3 Å². The zero-order chi connectivity index (χ0) is 17.7. The molecule has 3 N–H and O–H groups in total. The Morgan fingerprint density at radius 1 is 1.29 bits per heavy atom. The molecule has 0 radical (unpaired) electrons. The monoisotopic (exact) mass is 344 g/mol. The van der Waals surface area contributed by atoms with Crippen LogP contribution >= 0.6 is 11.6 Å². The number of aryl methyl sites for hydroxylation is 1. The van der Waals surface area contributed by atoms with Crippen molar-refractivity contribution in [3.05, 3.63) is 70.8 Å². The van der Waals surface area contributed by atoms with Crippen molar-refractivity contribution < 1.29 is 9.53 Å². The van der Waals surface area contributed by atoms with E-state index in [1.807, 2.05) is 31.2 Å². The standard InChI is InChI=1S/C19H21ClN2O2/c1-12-5-4-6-16(20)18(12)13(2)22-17(19(23)24-3)11-14-7-9-15(21)10-8-14/h4-10,17,22H,2,11,21H2,1,3H3. The van der Waals surface area contributed by atoms with Gasteiger partial charge in [-0.2, -0.15) is 0 Å². The van der Waals surface area contributed by atoms with Crippen LogP contribution in [0.5, 0.6) is 0 Å².